The molecule has 0 radical (unpaired) electrons. The quantitative estimate of drug-likeness (QED) is 0.837. The summed E-state index contributed by atoms with van der Waals surface area (Å²) >= 11 is 0. The van der Waals surface area contributed by atoms with Crippen molar-refractivity contribution in [3.63, 3.8) is 0 Å². The van der Waals surface area contributed by atoms with Crippen LogP contribution in [0.1, 0.15) is 29.6 Å². The second-order valence-electron chi connectivity index (χ2n) is 5.12. The van der Waals surface area contributed by atoms with E-state index in [0.29, 0.717) is 12.8 Å². The smallest absolute Gasteiger partial charge is 0.337 e. The van der Waals surface area contributed by atoms with Crippen LogP contribution in [-0.2, 0) is 9.59 Å². The molecule has 3 rings (SSSR count). The van der Waals surface area contributed by atoms with Gasteiger partial charge in [-0.05, 0) is 31.0 Å². The number of rotatable bonds is 2. The van der Waals surface area contributed by atoms with Crippen molar-refractivity contribution in [2.24, 2.45) is 11.8 Å². The van der Waals surface area contributed by atoms with Crippen molar-refractivity contribution in [2.45, 2.75) is 19.3 Å². The summed E-state index contributed by atoms with van der Waals surface area (Å²) in [6, 6.07) is 3.05. The van der Waals surface area contributed by atoms with Gasteiger partial charge in [0.2, 0.25) is 11.8 Å². The highest BCUT2D eigenvalue weighted by atomic mass is 19.1. The maximum Gasteiger partial charge on any atom is 0.337 e. The molecular weight excluding hydrogens is 265 g/mol. The van der Waals surface area contributed by atoms with Crippen LogP contribution in [0.4, 0.5) is 10.1 Å². The number of carboxylic acid groups (broad SMARTS) is 1. The summed E-state index contributed by atoms with van der Waals surface area (Å²) < 4.78 is 13.2. The van der Waals surface area contributed by atoms with Crippen LogP contribution in [0, 0.1) is 17.7 Å². The van der Waals surface area contributed by atoms with Crippen LogP contribution in [0.3, 0.4) is 0 Å². The SMILES string of the molecule is O=C(O)c1cc(F)ccc1N1C(=O)C2CCCC2C1=O. The number of carbonyl (C=O) groups excluding carboxylic acids is 2. The van der Waals surface area contributed by atoms with Gasteiger partial charge in [-0.3, -0.25) is 9.59 Å². The molecule has 1 N–H and O–H groups in total. The van der Waals surface area contributed by atoms with Crippen molar-refractivity contribution in [1.82, 2.24) is 0 Å². The van der Waals surface area contributed by atoms with Crippen LogP contribution in [-0.4, -0.2) is 22.9 Å². The summed E-state index contributed by atoms with van der Waals surface area (Å²) in [5.41, 5.74) is -0.407. The third-order valence-corrected chi connectivity index (χ3v) is 4.02. The second-order valence-corrected chi connectivity index (χ2v) is 5.12. The van der Waals surface area contributed by atoms with Crippen molar-refractivity contribution < 1.29 is 23.9 Å². The highest BCUT2D eigenvalue weighted by Gasteiger charge is 2.50. The van der Waals surface area contributed by atoms with Gasteiger partial charge in [-0.2, -0.15) is 0 Å². The van der Waals surface area contributed by atoms with E-state index >= 15 is 0 Å². The fraction of sp³-hybridized carbons (Fsp3) is 0.357. The second kappa shape index (κ2) is 4.40. The number of halogens is 1. The van der Waals surface area contributed by atoms with Crippen molar-refractivity contribution in [3.05, 3.63) is 29.6 Å². The third kappa shape index (κ3) is 1.71. The Balaban J connectivity index is 2.08. The zero-order chi connectivity index (χ0) is 14.4. The van der Waals surface area contributed by atoms with Gasteiger partial charge in [-0.25, -0.2) is 14.1 Å². The summed E-state index contributed by atoms with van der Waals surface area (Å²) in [7, 11) is 0. The highest BCUT2D eigenvalue weighted by molar-refractivity contribution is 6.23. The molecule has 20 heavy (non-hydrogen) atoms. The molecule has 1 saturated heterocycles. The molecule has 1 heterocycles. The Morgan fingerprint density at radius 3 is 2.35 bits per heavy atom. The van der Waals surface area contributed by atoms with Crippen molar-refractivity contribution in [2.75, 3.05) is 4.90 Å². The molecule has 2 amide bonds. The van der Waals surface area contributed by atoms with E-state index in [0.717, 1.165) is 23.5 Å². The molecule has 1 aliphatic carbocycles. The first-order valence-electron chi connectivity index (χ1n) is 6.41. The Morgan fingerprint density at radius 1 is 1.20 bits per heavy atom. The summed E-state index contributed by atoms with van der Waals surface area (Å²) in [6.07, 6.45) is 2.13. The summed E-state index contributed by atoms with van der Waals surface area (Å²) in [4.78, 5) is 36.6. The molecule has 6 heteroatoms. The Morgan fingerprint density at radius 2 is 1.80 bits per heavy atom. The lowest BCUT2D eigenvalue weighted by Gasteiger charge is -2.18. The number of fused-ring (bicyclic) bond motifs is 1. The van der Waals surface area contributed by atoms with Crippen LogP contribution >= 0.6 is 0 Å². The van der Waals surface area contributed by atoms with Gasteiger partial charge in [0.1, 0.15) is 5.82 Å². The minimum atomic E-state index is -1.36. The lowest BCUT2D eigenvalue weighted by Crippen LogP contribution is -2.33. The molecule has 2 unspecified atom stereocenters. The van der Waals surface area contributed by atoms with Crippen LogP contribution in [0.15, 0.2) is 18.2 Å². The molecule has 2 aliphatic rings. The van der Waals surface area contributed by atoms with Crippen molar-refractivity contribution >= 4 is 23.5 Å². The standard InChI is InChI=1S/C14H12FNO4/c15-7-4-5-11(10(6-7)14(19)20)16-12(17)8-2-1-3-9(8)13(16)18/h4-6,8-9H,1-3H2,(H,19,20). The minimum Gasteiger partial charge on any atom is -0.478 e. The molecule has 0 aromatic heterocycles. The average molecular weight is 277 g/mol. The van der Waals surface area contributed by atoms with Crippen LogP contribution in [0.25, 0.3) is 0 Å². The zero-order valence-corrected chi connectivity index (χ0v) is 10.5. The van der Waals surface area contributed by atoms with Gasteiger partial charge in [-0.1, -0.05) is 6.42 Å². The number of anilines is 1. The van der Waals surface area contributed by atoms with E-state index in [1.807, 2.05) is 0 Å². The van der Waals surface area contributed by atoms with Gasteiger partial charge >= 0.3 is 5.97 Å². The van der Waals surface area contributed by atoms with Crippen LogP contribution in [0.2, 0.25) is 0 Å². The fourth-order valence-electron chi connectivity index (χ4n) is 3.10. The first-order chi connectivity index (χ1) is 9.50. The van der Waals surface area contributed by atoms with Gasteiger partial charge in [0.05, 0.1) is 23.1 Å². The molecule has 1 saturated carbocycles. The highest BCUT2D eigenvalue weighted by Crippen LogP contribution is 2.42. The van der Waals surface area contributed by atoms with Gasteiger partial charge < -0.3 is 5.11 Å². The Bertz CT molecular complexity index is 606. The largest absolute Gasteiger partial charge is 0.478 e. The number of hydrogen-bond donors (Lipinski definition) is 1. The van der Waals surface area contributed by atoms with Crippen LogP contribution in [0.5, 0.6) is 0 Å². The molecule has 1 aromatic rings. The Kier molecular flexibility index (Phi) is 2.81. The topological polar surface area (TPSA) is 74.7 Å². The minimum absolute atomic E-state index is 0.0386. The predicted molar refractivity (Wildman–Crippen MR) is 66.7 cm³/mol. The van der Waals surface area contributed by atoms with E-state index in [2.05, 4.69) is 0 Å². The monoisotopic (exact) mass is 277 g/mol. The number of aromatic carboxylic acids is 1. The number of nitrogens with zero attached hydrogens (tertiary/aromatic N) is 1. The van der Waals surface area contributed by atoms with E-state index in [4.69, 9.17) is 5.11 Å². The summed E-state index contributed by atoms with van der Waals surface area (Å²) in [6.45, 7) is 0. The van der Waals surface area contributed by atoms with Crippen molar-refractivity contribution in [1.29, 1.82) is 0 Å². The molecular formula is C14H12FNO4. The van der Waals surface area contributed by atoms with E-state index < -0.39 is 11.8 Å². The lowest BCUT2D eigenvalue weighted by atomic mass is 10.00. The third-order valence-electron chi connectivity index (χ3n) is 4.02. The Hall–Kier alpha value is -2.24. The molecule has 2 atom stereocenters. The fourth-order valence-corrected chi connectivity index (χ4v) is 3.10. The molecule has 0 bridgehead atoms. The lowest BCUT2D eigenvalue weighted by molar-refractivity contribution is -0.122. The van der Waals surface area contributed by atoms with Crippen molar-refractivity contribution in [3.8, 4) is 0 Å². The number of benzene rings is 1. The molecule has 5 nitrogen and oxygen atoms in total. The summed E-state index contributed by atoms with van der Waals surface area (Å²) in [5, 5.41) is 9.11. The number of imide groups is 1. The maximum atomic E-state index is 13.2. The van der Waals surface area contributed by atoms with Gasteiger partial charge in [0.25, 0.3) is 0 Å². The maximum absolute atomic E-state index is 13.2. The Labute approximate surface area is 114 Å². The number of hydrogen-bond acceptors (Lipinski definition) is 3. The zero-order valence-electron chi connectivity index (χ0n) is 10.5. The molecule has 0 spiro atoms. The molecule has 1 aliphatic heterocycles. The number of carboxylic acids is 1. The van der Waals surface area contributed by atoms with Crippen LogP contribution < -0.4 is 4.90 Å². The summed E-state index contributed by atoms with van der Waals surface area (Å²) in [5.74, 6) is -3.52. The van der Waals surface area contributed by atoms with Gasteiger partial charge in [0, 0.05) is 0 Å². The predicted octanol–water partition coefficient (Wildman–Crippen LogP) is 1.81. The van der Waals surface area contributed by atoms with E-state index in [9.17, 15) is 18.8 Å². The molecule has 104 valence electrons. The normalized spacial score (nSPS) is 25.1. The average Bonchev–Trinajstić information content (AvgIpc) is 2.96. The van der Waals surface area contributed by atoms with E-state index in [1.54, 1.807) is 0 Å². The number of amides is 2. The molecule has 1 aromatic carbocycles. The van der Waals surface area contributed by atoms with E-state index in [1.165, 1.54) is 6.07 Å². The van der Waals surface area contributed by atoms with Gasteiger partial charge in [0.15, 0.2) is 0 Å². The van der Waals surface area contributed by atoms with Gasteiger partial charge in [-0.15, -0.1) is 0 Å². The number of carbonyl (C=O) groups is 3. The first kappa shape index (κ1) is 12.8. The first-order valence-corrected chi connectivity index (χ1v) is 6.41. The molecule has 2 fully saturated rings. The van der Waals surface area contributed by atoms with E-state index in [-0.39, 0.29) is 34.9 Å².